The van der Waals surface area contributed by atoms with E-state index in [1.165, 1.54) is 0 Å². The second-order valence-electron chi connectivity index (χ2n) is 6.51. The molecule has 0 unspecified atom stereocenters. The first-order valence-corrected chi connectivity index (χ1v) is 8.84. The molecule has 0 aliphatic carbocycles. The summed E-state index contributed by atoms with van der Waals surface area (Å²) in [5, 5.41) is 17.1. The van der Waals surface area contributed by atoms with Crippen molar-refractivity contribution in [3.63, 3.8) is 0 Å². The molecule has 1 heterocycles. The zero-order valence-corrected chi connectivity index (χ0v) is 16.3. The topological polar surface area (TPSA) is 102 Å². The Balaban J connectivity index is 1.92. The molecule has 8 heteroatoms. The van der Waals surface area contributed by atoms with Crippen LogP contribution in [0.5, 0.6) is 11.5 Å². The summed E-state index contributed by atoms with van der Waals surface area (Å²) in [5.74, 6) is 0.777. The Morgan fingerprint density at radius 1 is 1.14 bits per heavy atom. The first kappa shape index (κ1) is 19.3. The van der Waals surface area contributed by atoms with Gasteiger partial charge in [-0.15, -0.1) is 10.2 Å². The van der Waals surface area contributed by atoms with Gasteiger partial charge in [-0.25, -0.2) is 0 Å². The van der Waals surface area contributed by atoms with Crippen LogP contribution in [0.15, 0.2) is 36.4 Å². The van der Waals surface area contributed by atoms with Gasteiger partial charge < -0.3 is 14.8 Å². The maximum absolute atomic E-state index is 13.1. The molecule has 2 N–H and O–H groups in total. The molecule has 0 aliphatic rings. The highest BCUT2D eigenvalue weighted by atomic mass is 16.5. The summed E-state index contributed by atoms with van der Waals surface area (Å²) >= 11 is 0. The lowest BCUT2D eigenvalue weighted by molar-refractivity contribution is -0.117. The van der Waals surface area contributed by atoms with E-state index >= 15 is 0 Å². The fourth-order valence-corrected chi connectivity index (χ4v) is 2.97. The van der Waals surface area contributed by atoms with Crippen LogP contribution in [0.3, 0.4) is 0 Å². The Morgan fingerprint density at radius 3 is 2.64 bits per heavy atom. The molecule has 28 heavy (non-hydrogen) atoms. The van der Waals surface area contributed by atoms with Crippen molar-refractivity contribution in [3.05, 3.63) is 58.9 Å². The summed E-state index contributed by atoms with van der Waals surface area (Å²) in [7, 11) is 3.18. The molecule has 0 saturated heterocycles. The van der Waals surface area contributed by atoms with E-state index in [4.69, 9.17) is 9.47 Å². The molecule has 1 amide bonds. The van der Waals surface area contributed by atoms with Gasteiger partial charge in [-0.1, -0.05) is 17.3 Å². The lowest BCUT2D eigenvalue weighted by atomic mass is 9.96. The molecule has 0 saturated carbocycles. The van der Waals surface area contributed by atoms with Crippen LogP contribution in [-0.4, -0.2) is 40.8 Å². The molecule has 3 aromatic rings. The first-order chi connectivity index (χ1) is 13.5. The van der Waals surface area contributed by atoms with Crippen molar-refractivity contribution in [3.8, 4) is 11.5 Å². The summed E-state index contributed by atoms with van der Waals surface area (Å²) in [5.41, 5.74) is 3.61. The van der Waals surface area contributed by atoms with Gasteiger partial charge in [-0.2, -0.15) is 5.21 Å². The van der Waals surface area contributed by atoms with Crippen LogP contribution in [-0.2, 0) is 11.2 Å². The van der Waals surface area contributed by atoms with Gasteiger partial charge in [0.1, 0.15) is 17.4 Å². The molecule has 8 nitrogen and oxygen atoms in total. The second kappa shape index (κ2) is 8.51. The first-order valence-electron chi connectivity index (χ1n) is 8.84. The van der Waals surface area contributed by atoms with Crippen LogP contribution < -0.4 is 14.8 Å². The molecule has 1 atom stereocenters. The number of ether oxygens (including phenoxy) is 2. The number of H-pyrrole nitrogens is 1. The minimum Gasteiger partial charge on any atom is -0.497 e. The molecule has 1 aromatic heterocycles. The van der Waals surface area contributed by atoms with E-state index in [0.29, 0.717) is 23.7 Å². The van der Waals surface area contributed by atoms with Crippen molar-refractivity contribution in [2.45, 2.75) is 26.2 Å². The number of nitrogens with zero attached hydrogens (tertiary/aromatic N) is 3. The third-order valence-corrected chi connectivity index (χ3v) is 4.55. The van der Waals surface area contributed by atoms with E-state index in [9.17, 15) is 4.79 Å². The number of nitrogens with one attached hydrogen (secondary N) is 2. The zero-order chi connectivity index (χ0) is 20.1. The number of rotatable bonds is 7. The SMILES string of the molecule is COc1ccc(OC)c(C[C@@H](C(=O)Nc2cc(C)ccc2C)c2nn[nH]n2)c1. The highest BCUT2D eigenvalue weighted by Gasteiger charge is 2.27. The summed E-state index contributed by atoms with van der Waals surface area (Å²) < 4.78 is 10.8. The van der Waals surface area contributed by atoms with Crippen LogP contribution in [0.4, 0.5) is 5.69 Å². The number of methoxy groups -OCH3 is 2. The predicted molar refractivity (Wildman–Crippen MR) is 105 cm³/mol. The third-order valence-electron chi connectivity index (χ3n) is 4.55. The highest BCUT2D eigenvalue weighted by Crippen LogP contribution is 2.30. The number of aromatic amines is 1. The maximum Gasteiger partial charge on any atom is 0.235 e. The van der Waals surface area contributed by atoms with Crippen molar-refractivity contribution in [2.24, 2.45) is 0 Å². The quantitative estimate of drug-likeness (QED) is 0.652. The molecule has 0 spiro atoms. The lowest BCUT2D eigenvalue weighted by Crippen LogP contribution is -2.24. The minimum absolute atomic E-state index is 0.222. The van der Waals surface area contributed by atoms with Crippen molar-refractivity contribution in [2.75, 3.05) is 19.5 Å². The van der Waals surface area contributed by atoms with Gasteiger partial charge in [-0.3, -0.25) is 4.79 Å². The van der Waals surface area contributed by atoms with Gasteiger partial charge in [0.2, 0.25) is 5.91 Å². The highest BCUT2D eigenvalue weighted by molar-refractivity contribution is 5.96. The number of hydrogen-bond donors (Lipinski definition) is 2. The zero-order valence-electron chi connectivity index (χ0n) is 16.3. The second-order valence-corrected chi connectivity index (χ2v) is 6.51. The summed E-state index contributed by atoms with van der Waals surface area (Å²) in [6, 6.07) is 11.4. The van der Waals surface area contributed by atoms with Gasteiger partial charge in [0.15, 0.2) is 5.82 Å². The molecule has 2 aromatic carbocycles. The minimum atomic E-state index is -0.653. The third kappa shape index (κ3) is 4.28. The van der Waals surface area contributed by atoms with Crippen molar-refractivity contribution in [1.29, 1.82) is 0 Å². The maximum atomic E-state index is 13.1. The number of carbonyl (C=O) groups is 1. The number of hydrogen-bond acceptors (Lipinski definition) is 6. The lowest BCUT2D eigenvalue weighted by Gasteiger charge is -2.17. The molecule has 0 bridgehead atoms. The Kier molecular flexibility index (Phi) is 5.88. The van der Waals surface area contributed by atoms with Crippen molar-refractivity contribution >= 4 is 11.6 Å². The average Bonchev–Trinajstić information content (AvgIpc) is 3.23. The van der Waals surface area contributed by atoms with E-state index in [-0.39, 0.29) is 5.91 Å². The van der Waals surface area contributed by atoms with Gasteiger partial charge in [-0.05, 0) is 61.2 Å². The number of tetrazole rings is 1. The fourth-order valence-electron chi connectivity index (χ4n) is 2.97. The fraction of sp³-hybridized carbons (Fsp3) is 0.300. The summed E-state index contributed by atoms with van der Waals surface area (Å²) in [4.78, 5) is 13.1. The molecule has 0 fully saturated rings. The number of aromatic nitrogens is 4. The van der Waals surface area contributed by atoms with E-state index in [2.05, 4.69) is 25.9 Å². The molecule has 0 aliphatic heterocycles. The van der Waals surface area contributed by atoms with Crippen LogP contribution in [0.25, 0.3) is 0 Å². The van der Waals surface area contributed by atoms with Gasteiger partial charge in [0, 0.05) is 5.69 Å². The largest absolute Gasteiger partial charge is 0.497 e. The van der Waals surface area contributed by atoms with Crippen LogP contribution >= 0.6 is 0 Å². The number of carbonyl (C=O) groups excluding carboxylic acids is 1. The van der Waals surface area contributed by atoms with Crippen LogP contribution in [0.1, 0.15) is 28.4 Å². The smallest absolute Gasteiger partial charge is 0.235 e. The Labute approximate surface area is 163 Å². The van der Waals surface area contributed by atoms with Crippen molar-refractivity contribution < 1.29 is 14.3 Å². The summed E-state index contributed by atoms with van der Waals surface area (Å²) in [6.07, 6.45) is 0.330. The number of anilines is 1. The van der Waals surface area contributed by atoms with Gasteiger partial charge >= 0.3 is 0 Å². The van der Waals surface area contributed by atoms with E-state index in [1.807, 2.05) is 50.2 Å². The number of benzene rings is 2. The van der Waals surface area contributed by atoms with Gasteiger partial charge in [0.05, 0.1) is 14.2 Å². The molecular weight excluding hydrogens is 358 g/mol. The Bertz CT molecular complexity index is 956. The normalized spacial score (nSPS) is 11.7. The van der Waals surface area contributed by atoms with E-state index in [0.717, 1.165) is 22.4 Å². The molecule has 3 rings (SSSR count). The standard InChI is InChI=1S/C20H23N5O3/c1-12-5-6-13(2)17(9-12)21-20(26)16(19-22-24-25-23-19)11-14-10-15(27-3)7-8-18(14)28-4/h5-10,16H,11H2,1-4H3,(H,21,26)(H,22,23,24,25)/t16-/m1/s1. The summed E-state index contributed by atoms with van der Waals surface area (Å²) in [6.45, 7) is 3.93. The van der Waals surface area contributed by atoms with Crippen LogP contribution in [0.2, 0.25) is 0 Å². The molecule has 0 radical (unpaired) electrons. The number of aryl methyl sites for hydroxylation is 2. The molecule has 146 valence electrons. The van der Waals surface area contributed by atoms with Crippen LogP contribution in [0, 0.1) is 13.8 Å². The van der Waals surface area contributed by atoms with E-state index < -0.39 is 5.92 Å². The average molecular weight is 381 g/mol. The van der Waals surface area contributed by atoms with Gasteiger partial charge in [0.25, 0.3) is 0 Å². The predicted octanol–water partition coefficient (Wildman–Crippen LogP) is 2.80. The molecular formula is C20H23N5O3. The van der Waals surface area contributed by atoms with Crippen molar-refractivity contribution in [1.82, 2.24) is 20.6 Å². The monoisotopic (exact) mass is 381 g/mol. The Morgan fingerprint density at radius 2 is 1.96 bits per heavy atom. The van der Waals surface area contributed by atoms with E-state index in [1.54, 1.807) is 14.2 Å². The number of amides is 1. The Hall–Kier alpha value is -3.42.